The zero-order valence-corrected chi connectivity index (χ0v) is 10.3. The summed E-state index contributed by atoms with van der Waals surface area (Å²) in [5.41, 5.74) is 1.82. The molecule has 1 aliphatic rings. The second-order valence-electron chi connectivity index (χ2n) is 4.31. The topological polar surface area (TPSA) is 49.4 Å². The molecule has 1 aromatic rings. The van der Waals surface area contributed by atoms with Gasteiger partial charge in [-0.25, -0.2) is 0 Å². The number of fused-ring (bicyclic) bond motifs is 1. The average Bonchev–Trinajstić information content (AvgIpc) is 2.62. The first kappa shape index (κ1) is 12.4. The fourth-order valence-electron chi connectivity index (χ4n) is 2.21. The minimum Gasteiger partial charge on any atom is -0.353 e. The molecule has 2 rings (SSSR count). The number of anilines is 1. The van der Waals surface area contributed by atoms with Gasteiger partial charge in [0.1, 0.15) is 0 Å². The van der Waals surface area contributed by atoms with E-state index >= 15 is 0 Å². The van der Waals surface area contributed by atoms with Crippen molar-refractivity contribution in [3.63, 3.8) is 0 Å². The van der Waals surface area contributed by atoms with Crippen LogP contribution in [0.2, 0.25) is 0 Å². The van der Waals surface area contributed by atoms with Gasteiger partial charge in [-0.05, 0) is 11.6 Å². The quantitative estimate of drug-likeness (QED) is 0.815. The molecule has 4 heteroatoms. The maximum Gasteiger partial charge on any atom is 0.234 e. The lowest BCUT2D eigenvalue weighted by Crippen LogP contribution is -2.29. The van der Waals surface area contributed by atoms with Gasteiger partial charge in [-0.1, -0.05) is 24.3 Å². The summed E-state index contributed by atoms with van der Waals surface area (Å²) in [6, 6.07) is 7.58. The molecule has 2 amide bonds. The van der Waals surface area contributed by atoms with Crippen LogP contribution in [-0.4, -0.2) is 25.4 Å². The van der Waals surface area contributed by atoms with Crippen LogP contribution < -0.4 is 10.2 Å². The summed E-state index contributed by atoms with van der Waals surface area (Å²) >= 11 is 0. The normalized spacial score (nSPS) is 17.5. The van der Waals surface area contributed by atoms with Crippen molar-refractivity contribution in [3.05, 3.63) is 42.5 Å². The Morgan fingerprint density at radius 2 is 2.22 bits per heavy atom. The van der Waals surface area contributed by atoms with Crippen LogP contribution in [0.25, 0.3) is 0 Å². The lowest BCUT2D eigenvalue weighted by molar-refractivity contribution is -0.125. The number of likely N-dealkylation sites (N-methyl/N-ethyl adjacent to an activating group) is 1. The minimum absolute atomic E-state index is 0.0232. The Bertz CT molecular complexity index is 496. The van der Waals surface area contributed by atoms with Crippen LogP contribution in [0.3, 0.4) is 0 Å². The Labute approximate surface area is 106 Å². The number of carbonyl (C=O) groups excluding carboxylic acids is 2. The standard InChI is InChI=1S/C14H16N2O2/c1-3-8-15-13(17)9-11-10-6-4-5-7-12(10)16(2)14(11)18/h3-7,11H,1,8-9H2,2H3,(H,15,17). The average molecular weight is 244 g/mol. The van der Waals surface area contributed by atoms with Crippen molar-refractivity contribution in [1.82, 2.24) is 5.32 Å². The Kier molecular flexibility index (Phi) is 3.46. The van der Waals surface area contributed by atoms with E-state index in [0.29, 0.717) is 6.54 Å². The van der Waals surface area contributed by atoms with Crippen LogP contribution >= 0.6 is 0 Å². The Morgan fingerprint density at radius 3 is 2.94 bits per heavy atom. The molecule has 0 spiro atoms. The molecule has 1 N–H and O–H groups in total. The summed E-state index contributed by atoms with van der Waals surface area (Å²) < 4.78 is 0. The number of benzene rings is 1. The molecule has 1 aliphatic heterocycles. The fraction of sp³-hybridized carbons (Fsp3) is 0.286. The van der Waals surface area contributed by atoms with Crippen LogP contribution in [0.5, 0.6) is 0 Å². The molecule has 4 nitrogen and oxygen atoms in total. The van der Waals surface area contributed by atoms with Gasteiger partial charge in [-0.15, -0.1) is 6.58 Å². The minimum atomic E-state index is -0.365. The second-order valence-corrected chi connectivity index (χ2v) is 4.31. The predicted octanol–water partition coefficient (Wildman–Crippen LogP) is 1.44. The molecule has 94 valence electrons. The van der Waals surface area contributed by atoms with Gasteiger partial charge in [0, 0.05) is 25.7 Å². The zero-order valence-electron chi connectivity index (χ0n) is 10.3. The Hall–Kier alpha value is -2.10. The molecular formula is C14H16N2O2. The molecule has 18 heavy (non-hydrogen) atoms. The highest BCUT2D eigenvalue weighted by atomic mass is 16.2. The molecule has 1 unspecified atom stereocenters. The summed E-state index contributed by atoms with van der Waals surface area (Å²) in [6.45, 7) is 3.97. The van der Waals surface area contributed by atoms with Gasteiger partial charge >= 0.3 is 0 Å². The highest BCUT2D eigenvalue weighted by Crippen LogP contribution is 2.37. The third-order valence-corrected chi connectivity index (χ3v) is 3.14. The van der Waals surface area contributed by atoms with Crippen LogP contribution in [0.1, 0.15) is 17.9 Å². The van der Waals surface area contributed by atoms with E-state index in [1.54, 1.807) is 18.0 Å². The van der Waals surface area contributed by atoms with Crippen molar-refractivity contribution in [2.24, 2.45) is 0 Å². The monoisotopic (exact) mass is 244 g/mol. The molecule has 0 saturated heterocycles. The molecule has 0 saturated carbocycles. The van der Waals surface area contributed by atoms with E-state index < -0.39 is 0 Å². The molecule has 0 radical (unpaired) electrons. The summed E-state index contributed by atoms with van der Waals surface area (Å²) in [4.78, 5) is 25.4. The van der Waals surface area contributed by atoms with Crippen LogP contribution in [-0.2, 0) is 9.59 Å². The number of nitrogens with zero attached hydrogens (tertiary/aromatic N) is 1. The highest BCUT2D eigenvalue weighted by Gasteiger charge is 2.35. The Morgan fingerprint density at radius 1 is 1.50 bits per heavy atom. The molecule has 0 aliphatic carbocycles. The first-order chi connectivity index (χ1) is 8.65. The smallest absolute Gasteiger partial charge is 0.234 e. The number of hydrogen-bond acceptors (Lipinski definition) is 2. The number of hydrogen-bond donors (Lipinski definition) is 1. The molecule has 0 bridgehead atoms. The van der Waals surface area contributed by atoms with Crippen LogP contribution in [0.15, 0.2) is 36.9 Å². The van der Waals surface area contributed by atoms with Crippen LogP contribution in [0, 0.1) is 0 Å². The summed E-state index contributed by atoms with van der Waals surface area (Å²) in [5, 5.41) is 2.70. The molecule has 1 aromatic carbocycles. The number of nitrogens with one attached hydrogen (secondary N) is 1. The first-order valence-corrected chi connectivity index (χ1v) is 5.89. The summed E-state index contributed by atoms with van der Waals surface area (Å²) in [5.74, 6) is -0.515. The van der Waals surface area contributed by atoms with Gasteiger partial charge in [-0.2, -0.15) is 0 Å². The van der Waals surface area contributed by atoms with E-state index in [1.807, 2.05) is 24.3 Å². The lowest BCUT2D eigenvalue weighted by Gasteiger charge is -2.10. The van der Waals surface area contributed by atoms with E-state index in [9.17, 15) is 9.59 Å². The van der Waals surface area contributed by atoms with Crippen molar-refractivity contribution in [3.8, 4) is 0 Å². The van der Waals surface area contributed by atoms with Crippen molar-refractivity contribution >= 4 is 17.5 Å². The molecule has 0 aromatic heterocycles. The molecule has 0 fully saturated rings. The maximum absolute atomic E-state index is 12.1. The number of para-hydroxylation sites is 1. The lowest BCUT2D eigenvalue weighted by atomic mass is 9.97. The zero-order chi connectivity index (χ0) is 13.1. The van der Waals surface area contributed by atoms with Gasteiger partial charge in [0.2, 0.25) is 11.8 Å². The van der Waals surface area contributed by atoms with Gasteiger partial charge < -0.3 is 10.2 Å². The number of amides is 2. The van der Waals surface area contributed by atoms with E-state index in [1.165, 1.54) is 0 Å². The summed E-state index contributed by atoms with van der Waals surface area (Å²) in [7, 11) is 1.74. The van der Waals surface area contributed by atoms with E-state index in [2.05, 4.69) is 11.9 Å². The van der Waals surface area contributed by atoms with Crippen molar-refractivity contribution < 1.29 is 9.59 Å². The highest BCUT2D eigenvalue weighted by molar-refractivity contribution is 6.06. The third-order valence-electron chi connectivity index (χ3n) is 3.14. The van der Waals surface area contributed by atoms with Crippen LogP contribution in [0.4, 0.5) is 5.69 Å². The van der Waals surface area contributed by atoms with E-state index in [0.717, 1.165) is 11.3 Å². The second kappa shape index (κ2) is 5.04. The van der Waals surface area contributed by atoms with E-state index in [4.69, 9.17) is 0 Å². The SMILES string of the molecule is C=CCNC(=O)CC1C(=O)N(C)c2ccccc21. The largest absolute Gasteiger partial charge is 0.353 e. The van der Waals surface area contributed by atoms with Crippen molar-refractivity contribution in [2.75, 3.05) is 18.5 Å². The van der Waals surface area contributed by atoms with Gasteiger partial charge in [0.25, 0.3) is 0 Å². The number of rotatable bonds is 4. The molecular weight excluding hydrogens is 228 g/mol. The van der Waals surface area contributed by atoms with Gasteiger partial charge in [0.15, 0.2) is 0 Å². The Balaban J connectivity index is 2.16. The molecule has 1 heterocycles. The van der Waals surface area contributed by atoms with Gasteiger partial charge in [0.05, 0.1) is 5.92 Å². The maximum atomic E-state index is 12.1. The predicted molar refractivity (Wildman–Crippen MR) is 70.4 cm³/mol. The third kappa shape index (κ3) is 2.14. The van der Waals surface area contributed by atoms with Crippen molar-refractivity contribution in [2.45, 2.75) is 12.3 Å². The van der Waals surface area contributed by atoms with Crippen molar-refractivity contribution in [1.29, 1.82) is 0 Å². The molecule has 1 atom stereocenters. The fourth-order valence-corrected chi connectivity index (χ4v) is 2.21. The first-order valence-electron chi connectivity index (χ1n) is 5.89. The number of carbonyl (C=O) groups is 2. The summed E-state index contributed by atoms with van der Waals surface area (Å²) in [6.07, 6.45) is 1.81. The van der Waals surface area contributed by atoms with Gasteiger partial charge in [-0.3, -0.25) is 9.59 Å². The van der Waals surface area contributed by atoms with E-state index in [-0.39, 0.29) is 24.2 Å².